The zero-order valence-electron chi connectivity index (χ0n) is 11.8. The highest BCUT2D eigenvalue weighted by Gasteiger charge is 2.22. The van der Waals surface area contributed by atoms with Crippen molar-refractivity contribution in [2.75, 3.05) is 5.32 Å². The van der Waals surface area contributed by atoms with Gasteiger partial charge in [-0.15, -0.1) is 0 Å². The van der Waals surface area contributed by atoms with E-state index in [-0.39, 0.29) is 5.69 Å². The second-order valence-corrected chi connectivity index (χ2v) is 6.20. The van der Waals surface area contributed by atoms with E-state index in [0.29, 0.717) is 27.8 Å². The molecule has 1 aromatic carbocycles. The van der Waals surface area contributed by atoms with Crippen molar-refractivity contribution in [3.8, 4) is 0 Å². The summed E-state index contributed by atoms with van der Waals surface area (Å²) < 4.78 is 0. The van der Waals surface area contributed by atoms with E-state index in [2.05, 4.69) is 17.6 Å². The van der Waals surface area contributed by atoms with Gasteiger partial charge in [0.1, 0.15) is 0 Å². The fourth-order valence-electron chi connectivity index (χ4n) is 2.58. The first-order valence-corrected chi connectivity index (χ1v) is 7.77. The van der Waals surface area contributed by atoms with Gasteiger partial charge in [0.25, 0.3) is 5.69 Å². The number of rotatable bonds is 3. The topological polar surface area (TPSA) is 67.2 Å². The Morgan fingerprint density at radius 1 is 1.43 bits per heavy atom. The lowest BCUT2D eigenvalue weighted by Crippen LogP contribution is -2.43. The fraction of sp³-hybridized carbons (Fsp3) is 0.500. The summed E-state index contributed by atoms with van der Waals surface area (Å²) >= 11 is 11.3. The molecule has 0 aliphatic heterocycles. The van der Waals surface area contributed by atoms with E-state index in [1.165, 1.54) is 37.5 Å². The Balaban J connectivity index is 2.02. The van der Waals surface area contributed by atoms with Gasteiger partial charge in [0.15, 0.2) is 5.11 Å². The molecule has 7 heteroatoms. The van der Waals surface area contributed by atoms with Crippen molar-refractivity contribution in [2.45, 2.75) is 38.6 Å². The Labute approximate surface area is 134 Å². The van der Waals surface area contributed by atoms with Crippen LogP contribution in [0.25, 0.3) is 0 Å². The molecule has 0 heterocycles. The van der Waals surface area contributed by atoms with E-state index in [0.717, 1.165) is 6.42 Å². The molecule has 1 aliphatic carbocycles. The molecule has 1 aliphatic rings. The zero-order valence-corrected chi connectivity index (χ0v) is 13.3. The van der Waals surface area contributed by atoms with Crippen LogP contribution in [0.4, 0.5) is 11.4 Å². The number of thiocarbonyl (C=S) groups is 1. The maximum Gasteiger partial charge on any atom is 0.271 e. The molecule has 2 rings (SSSR count). The van der Waals surface area contributed by atoms with Crippen molar-refractivity contribution < 1.29 is 4.92 Å². The highest BCUT2D eigenvalue weighted by molar-refractivity contribution is 7.80. The molecule has 2 N–H and O–H groups in total. The minimum absolute atomic E-state index is 0.0178. The van der Waals surface area contributed by atoms with Crippen molar-refractivity contribution in [1.29, 1.82) is 0 Å². The monoisotopic (exact) mass is 327 g/mol. The molecule has 0 amide bonds. The zero-order chi connectivity index (χ0) is 15.4. The van der Waals surface area contributed by atoms with Gasteiger partial charge >= 0.3 is 0 Å². The van der Waals surface area contributed by atoms with Gasteiger partial charge in [0.05, 0.1) is 15.6 Å². The summed E-state index contributed by atoms with van der Waals surface area (Å²) in [7, 11) is 0. The first kappa shape index (κ1) is 16.0. The SMILES string of the molecule is C[C@H]1CCCC[C@@H]1NC(=S)Nc1cc([N+](=O)[O-])ccc1Cl. The average Bonchev–Trinajstić information content (AvgIpc) is 2.43. The largest absolute Gasteiger partial charge is 0.359 e. The predicted octanol–water partition coefficient (Wildman–Crippen LogP) is 4.11. The normalized spacial score (nSPS) is 21.6. The standard InChI is InChI=1S/C14H18ClN3O2S/c1-9-4-2-3-5-12(9)16-14(21)17-13-8-10(18(19)20)6-7-11(13)15/h6-9,12H,2-5H2,1H3,(H2,16,17,21)/t9-,12-/m0/s1. The van der Waals surface area contributed by atoms with Crippen molar-refractivity contribution in [2.24, 2.45) is 5.92 Å². The van der Waals surface area contributed by atoms with Crippen molar-refractivity contribution >= 4 is 40.3 Å². The summed E-state index contributed by atoms with van der Waals surface area (Å²) in [6.07, 6.45) is 4.74. The van der Waals surface area contributed by atoms with Crippen LogP contribution in [0.5, 0.6) is 0 Å². The summed E-state index contributed by atoms with van der Waals surface area (Å²) in [6.45, 7) is 2.21. The minimum Gasteiger partial charge on any atom is -0.359 e. The van der Waals surface area contributed by atoms with Gasteiger partial charge in [-0.2, -0.15) is 0 Å². The molecule has 0 bridgehead atoms. The highest BCUT2D eigenvalue weighted by Crippen LogP contribution is 2.27. The fourth-order valence-corrected chi connectivity index (χ4v) is 3.01. The smallest absolute Gasteiger partial charge is 0.271 e. The van der Waals surface area contributed by atoms with Crippen LogP contribution in [0.3, 0.4) is 0 Å². The van der Waals surface area contributed by atoms with E-state index < -0.39 is 4.92 Å². The van der Waals surface area contributed by atoms with Gasteiger partial charge in [0.2, 0.25) is 0 Å². The third-order valence-electron chi connectivity index (χ3n) is 3.84. The van der Waals surface area contributed by atoms with Crippen LogP contribution < -0.4 is 10.6 Å². The van der Waals surface area contributed by atoms with E-state index in [9.17, 15) is 10.1 Å². The van der Waals surface area contributed by atoms with Crippen LogP contribution in [-0.2, 0) is 0 Å². The highest BCUT2D eigenvalue weighted by atomic mass is 35.5. The Hall–Kier alpha value is -1.40. The predicted molar refractivity (Wildman–Crippen MR) is 88.9 cm³/mol. The molecule has 0 spiro atoms. The molecule has 0 saturated heterocycles. The van der Waals surface area contributed by atoms with Gasteiger partial charge < -0.3 is 10.6 Å². The molecule has 0 radical (unpaired) electrons. The van der Waals surface area contributed by atoms with Gasteiger partial charge in [-0.05, 0) is 37.0 Å². The Bertz CT molecular complexity index is 553. The van der Waals surface area contributed by atoms with Crippen LogP contribution in [0, 0.1) is 16.0 Å². The van der Waals surface area contributed by atoms with Crippen LogP contribution in [-0.4, -0.2) is 16.1 Å². The lowest BCUT2D eigenvalue weighted by Gasteiger charge is -2.30. The van der Waals surface area contributed by atoms with E-state index in [1.807, 2.05) is 0 Å². The molecule has 0 unspecified atom stereocenters. The first-order valence-electron chi connectivity index (χ1n) is 6.99. The van der Waals surface area contributed by atoms with Crippen molar-refractivity contribution in [1.82, 2.24) is 5.32 Å². The molecular formula is C14H18ClN3O2S. The average molecular weight is 328 g/mol. The molecule has 1 aromatic rings. The molecule has 0 aromatic heterocycles. The Kier molecular flexibility index (Phi) is 5.36. The third-order valence-corrected chi connectivity index (χ3v) is 4.39. The lowest BCUT2D eigenvalue weighted by molar-refractivity contribution is -0.384. The lowest BCUT2D eigenvalue weighted by atomic mass is 9.86. The first-order chi connectivity index (χ1) is 9.97. The van der Waals surface area contributed by atoms with Crippen molar-refractivity contribution in [3.63, 3.8) is 0 Å². The van der Waals surface area contributed by atoms with Crippen molar-refractivity contribution in [3.05, 3.63) is 33.3 Å². The van der Waals surface area contributed by atoms with E-state index in [4.69, 9.17) is 23.8 Å². The number of nitro groups is 1. The van der Waals surface area contributed by atoms with Crippen LogP contribution >= 0.6 is 23.8 Å². The number of anilines is 1. The van der Waals surface area contributed by atoms with Gasteiger partial charge in [-0.3, -0.25) is 10.1 Å². The minimum atomic E-state index is -0.457. The number of non-ortho nitro benzene ring substituents is 1. The summed E-state index contributed by atoms with van der Waals surface area (Å²) in [5.74, 6) is 0.569. The summed E-state index contributed by atoms with van der Waals surface area (Å²) in [4.78, 5) is 10.3. The second-order valence-electron chi connectivity index (χ2n) is 5.39. The number of hydrogen-bond donors (Lipinski definition) is 2. The number of nitrogens with one attached hydrogen (secondary N) is 2. The van der Waals surface area contributed by atoms with E-state index >= 15 is 0 Å². The third kappa shape index (κ3) is 4.28. The number of nitrogens with zero attached hydrogens (tertiary/aromatic N) is 1. The number of nitro benzene ring substituents is 1. The van der Waals surface area contributed by atoms with Crippen LogP contribution in [0.1, 0.15) is 32.6 Å². The second kappa shape index (κ2) is 7.04. The molecular weight excluding hydrogens is 310 g/mol. The molecule has 5 nitrogen and oxygen atoms in total. The maximum atomic E-state index is 10.8. The van der Waals surface area contributed by atoms with Gasteiger partial charge in [0, 0.05) is 18.2 Å². The maximum absolute atomic E-state index is 10.8. The van der Waals surface area contributed by atoms with Crippen LogP contribution in [0.15, 0.2) is 18.2 Å². The number of hydrogen-bond acceptors (Lipinski definition) is 3. The molecule has 21 heavy (non-hydrogen) atoms. The summed E-state index contributed by atoms with van der Waals surface area (Å²) in [5, 5.41) is 17.9. The summed E-state index contributed by atoms with van der Waals surface area (Å²) in [5.41, 5.74) is 0.433. The summed E-state index contributed by atoms with van der Waals surface area (Å²) in [6, 6.07) is 4.60. The van der Waals surface area contributed by atoms with Gasteiger partial charge in [-0.25, -0.2) is 0 Å². The number of benzene rings is 1. The molecule has 1 saturated carbocycles. The van der Waals surface area contributed by atoms with Gasteiger partial charge in [-0.1, -0.05) is 31.4 Å². The molecule has 1 fully saturated rings. The van der Waals surface area contributed by atoms with Crippen LogP contribution in [0.2, 0.25) is 5.02 Å². The molecule has 2 atom stereocenters. The molecule has 114 valence electrons. The number of halogens is 1. The Morgan fingerprint density at radius 3 is 2.81 bits per heavy atom. The Morgan fingerprint density at radius 2 is 2.14 bits per heavy atom. The quantitative estimate of drug-likeness (QED) is 0.496. The van der Waals surface area contributed by atoms with E-state index in [1.54, 1.807) is 0 Å².